The summed E-state index contributed by atoms with van der Waals surface area (Å²) in [6, 6.07) is 1.86. The fourth-order valence-corrected chi connectivity index (χ4v) is 4.49. The molecule has 0 aliphatic carbocycles. The van der Waals surface area contributed by atoms with Crippen LogP contribution in [0.2, 0.25) is 5.15 Å². The van der Waals surface area contributed by atoms with Gasteiger partial charge in [-0.25, -0.2) is 14.8 Å². The molecule has 2 amide bonds. The van der Waals surface area contributed by atoms with Crippen LogP contribution in [0.1, 0.15) is 23.4 Å². The third-order valence-electron chi connectivity index (χ3n) is 4.72. The minimum absolute atomic E-state index is 0.0444. The average Bonchev–Trinajstić information content (AvgIpc) is 3.30. The van der Waals surface area contributed by atoms with E-state index in [1.165, 1.54) is 4.88 Å². The normalized spacial score (nSPS) is 16.5. The number of pyridine rings is 1. The first-order valence-electron chi connectivity index (χ1n) is 8.63. The topological polar surface area (TPSA) is 70.6 Å². The molecular formula is C17H20ClN5O2S. The number of carbonyl (C=O) groups excluding carboxylic acids is 1. The summed E-state index contributed by atoms with van der Waals surface area (Å²) in [5.74, 6) is 0.567. The maximum absolute atomic E-state index is 12.3. The monoisotopic (exact) mass is 393 g/mol. The number of methoxy groups -OCH3 is 1. The first kappa shape index (κ1) is 17.4. The van der Waals surface area contributed by atoms with E-state index in [1.807, 2.05) is 11.0 Å². The van der Waals surface area contributed by atoms with Crippen LogP contribution >= 0.6 is 22.9 Å². The maximum Gasteiger partial charge on any atom is 0.323 e. The average molecular weight is 394 g/mol. The molecule has 0 saturated carbocycles. The molecular weight excluding hydrogens is 374 g/mol. The smallest absolute Gasteiger partial charge is 0.323 e. The standard InChI is InChI=1S/C17H20ClN5O2S/c1-25-13-8-11(9-19-15(13)18)23-7-4-12-14(10-23)26-16(20-12)21-17(24)22-5-2-3-6-22/h8-9H,2-7,10H2,1H3,(H,20,21,24). The van der Waals surface area contributed by atoms with Crippen molar-refractivity contribution in [3.8, 4) is 5.75 Å². The number of rotatable bonds is 3. The van der Waals surface area contributed by atoms with Crippen molar-refractivity contribution in [2.45, 2.75) is 25.8 Å². The minimum atomic E-state index is -0.0444. The molecule has 2 aliphatic heterocycles. The third-order valence-corrected chi connectivity index (χ3v) is 6.00. The molecule has 1 fully saturated rings. The number of fused-ring (bicyclic) bond motifs is 1. The predicted molar refractivity (Wildman–Crippen MR) is 102 cm³/mol. The predicted octanol–water partition coefficient (Wildman–Crippen LogP) is 3.39. The van der Waals surface area contributed by atoms with Crippen LogP contribution in [-0.2, 0) is 13.0 Å². The van der Waals surface area contributed by atoms with Gasteiger partial charge in [0.25, 0.3) is 0 Å². The second-order valence-corrected chi connectivity index (χ2v) is 7.81. The van der Waals surface area contributed by atoms with E-state index >= 15 is 0 Å². The number of hydrogen-bond donors (Lipinski definition) is 1. The Morgan fingerprint density at radius 2 is 2.15 bits per heavy atom. The van der Waals surface area contributed by atoms with Gasteiger partial charge in [-0.2, -0.15) is 0 Å². The number of ether oxygens (including phenoxy) is 1. The summed E-state index contributed by atoms with van der Waals surface area (Å²) in [5, 5.41) is 3.99. The van der Waals surface area contributed by atoms with Crippen molar-refractivity contribution in [2.24, 2.45) is 0 Å². The number of halogens is 1. The molecule has 0 spiro atoms. The van der Waals surface area contributed by atoms with Gasteiger partial charge in [-0.1, -0.05) is 22.9 Å². The molecule has 138 valence electrons. The van der Waals surface area contributed by atoms with Crippen LogP contribution in [0.3, 0.4) is 0 Å². The molecule has 4 rings (SSSR count). The summed E-state index contributed by atoms with van der Waals surface area (Å²) in [4.78, 5) is 26.3. The van der Waals surface area contributed by atoms with Gasteiger partial charge >= 0.3 is 6.03 Å². The van der Waals surface area contributed by atoms with Gasteiger partial charge in [0.05, 0.1) is 31.2 Å². The molecule has 0 aromatic carbocycles. The Bertz CT molecular complexity index is 821. The van der Waals surface area contributed by atoms with Crippen molar-refractivity contribution < 1.29 is 9.53 Å². The third kappa shape index (κ3) is 3.43. The highest BCUT2D eigenvalue weighted by Gasteiger charge is 2.24. The van der Waals surface area contributed by atoms with Crippen molar-refractivity contribution in [3.05, 3.63) is 28.0 Å². The van der Waals surface area contributed by atoms with Crippen molar-refractivity contribution >= 4 is 39.8 Å². The van der Waals surface area contributed by atoms with Crippen LogP contribution < -0.4 is 15.0 Å². The summed E-state index contributed by atoms with van der Waals surface area (Å²) in [6.45, 7) is 3.23. The van der Waals surface area contributed by atoms with Crippen LogP contribution in [-0.4, -0.2) is 47.6 Å². The van der Waals surface area contributed by atoms with E-state index in [4.69, 9.17) is 16.3 Å². The zero-order chi connectivity index (χ0) is 18.1. The van der Waals surface area contributed by atoms with E-state index in [9.17, 15) is 4.79 Å². The Labute approximate surface area is 160 Å². The van der Waals surface area contributed by atoms with Crippen LogP contribution in [0.4, 0.5) is 15.6 Å². The second-order valence-electron chi connectivity index (χ2n) is 6.37. The summed E-state index contributed by atoms with van der Waals surface area (Å²) in [6.07, 6.45) is 4.74. The van der Waals surface area contributed by atoms with Crippen molar-refractivity contribution in [1.29, 1.82) is 0 Å². The summed E-state index contributed by atoms with van der Waals surface area (Å²) < 4.78 is 5.26. The first-order chi connectivity index (χ1) is 12.6. The Balaban J connectivity index is 1.47. The minimum Gasteiger partial charge on any atom is -0.493 e. The number of nitrogens with zero attached hydrogens (tertiary/aromatic N) is 4. The summed E-state index contributed by atoms with van der Waals surface area (Å²) in [5.41, 5.74) is 2.03. The number of thiazole rings is 1. The molecule has 1 saturated heterocycles. The second kappa shape index (κ2) is 7.28. The molecule has 7 nitrogen and oxygen atoms in total. The van der Waals surface area contributed by atoms with E-state index in [1.54, 1.807) is 24.6 Å². The summed E-state index contributed by atoms with van der Waals surface area (Å²) >= 11 is 7.56. The lowest BCUT2D eigenvalue weighted by Crippen LogP contribution is -2.32. The highest BCUT2D eigenvalue weighted by atomic mass is 35.5. The highest BCUT2D eigenvalue weighted by molar-refractivity contribution is 7.15. The van der Waals surface area contributed by atoms with Crippen LogP contribution in [0, 0.1) is 0 Å². The first-order valence-corrected chi connectivity index (χ1v) is 9.82. The Hall–Kier alpha value is -2.06. The van der Waals surface area contributed by atoms with Gasteiger partial charge < -0.3 is 14.5 Å². The van der Waals surface area contributed by atoms with E-state index < -0.39 is 0 Å². The van der Waals surface area contributed by atoms with Gasteiger partial charge in [0.15, 0.2) is 16.0 Å². The molecule has 1 N–H and O–H groups in total. The number of urea groups is 1. The quantitative estimate of drug-likeness (QED) is 0.809. The lowest BCUT2D eigenvalue weighted by molar-refractivity contribution is 0.222. The number of likely N-dealkylation sites (tertiary alicyclic amines) is 1. The molecule has 0 atom stereocenters. The van der Waals surface area contributed by atoms with Gasteiger partial charge in [0, 0.05) is 37.0 Å². The molecule has 0 unspecified atom stereocenters. The zero-order valence-corrected chi connectivity index (χ0v) is 16.1. The number of aromatic nitrogens is 2. The molecule has 2 aromatic heterocycles. The van der Waals surface area contributed by atoms with Gasteiger partial charge in [-0.3, -0.25) is 5.32 Å². The van der Waals surface area contributed by atoms with E-state index in [0.717, 1.165) is 56.8 Å². The summed E-state index contributed by atoms with van der Waals surface area (Å²) in [7, 11) is 1.58. The zero-order valence-electron chi connectivity index (χ0n) is 14.5. The lowest BCUT2D eigenvalue weighted by Gasteiger charge is -2.28. The molecule has 2 aromatic rings. The van der Waals surface area contributed by atoms with Crippen molar-refractivity contribution in [2.75, 3.05) is 37.0 Å². The van der Waals surface area contributed by atoms with E-state index in [2.05, 4.69) is 20.2 Å². The van der Waals surface area contributed by atoms with Gasteiger partial charge in [0.2, 0.25) is 0 Å². The number of amides is 2. The van der Waals surface area contributed by atoms with Gasteiger partial charge in [-0.05, 0) is 12.8 Å². The Morgan fingerprint density at radius 1 is 1.35 bits per heavy atom. The molecule has 2 aliphatic rings. The largest absolute Gasteiger partial charge is 0.493 e. The van der Waals surface area contributed by atoms with Crippen LogP contribution in [0.15, 0.2) is 12.3 Å². The van der Waals surface area contributed by atoms with Gasteiger partial charge in [-0.15, -0.1) is 0 Å². The van der Waals surface area contributed by atoms with E-state index in [0.29, 0.717) is 16.0 Å². The Morgan fingerprint density at radius 3 is 2.92 bits per heavy atom. The van der Waals surface area contributed by atoms with Crippen LogP contribution in [0.25, 0.3) is 0 Å². The van der Waals surface area contributed by atoms with Crippen LogP contribution in [0.5, 0.6) is 5.75 Å². The van der Waals surface area contributed by atoms with Gasteiger partial charge in [0.1, 0.15) is 0 Å². The highest BCUT2D eigenvalue weighted by Crippen LogP contribution is 2.33. The van der Waals surface area contributed by atoms with Crippen molar-refractivity contribution in [3.63, 3.8) is 0 Å². The van der Waals surface area contributed by atoms with E-state index in [-0.39, 0.29) is 6.03 Å². The number of hydrogen-bond acceptors (Lipinski definition) is 6. The molecule has 9 heteroatoms. The molecule has 26 heavy (non-hydrogen) atoms. The van der Waals surface area contributed by atoms with Crippen molar-refractivity contribution in [1.82, 2.24) is 14.9 Å². The maximum atomic E-state index is 12.3. The molecule has 0 bridgehead atoms. The molecule has 0 radical (unpaired) electrons. The Kier molecular flexibility index (Phi) is 4.86. The number of nitrogens with one attached hydrogen (secondary N) is 1. The number of carbonyl (C=O) groups is 1. The lowest BCUT2D eigenvalue weighted by atomic mass is 10.1. The fourth-order valence-electron chi connectivity index (χ4n) is 3.29. The molecule has 4 heterocycles. The fraction of sp³-hybridized carbons (Fsp3) is 0.471. The SMILES string of the molecule is COc1cc(N2CCc3nc(NC(=O)N4CCCC4)sc3C2)cnc1Cl. The number of anilines is 2.